The highest BCUT2D eigenvalue weighted by molar-refractivity contribution is 6.06. The molecule has 3 rings (SSSR count). The largest absolute Gasteiger partial charge is 0.382 e. The van der Waals surface area contributed by atoms with Gasteiger partial charge in [0.2, 0.25) is 0 Å². The highest BCUT2D eigenvalue weighted by Crippen LogP contribution is 2.29. The Morgan fingerprint density at radius 2 is 2.00 bits per heavy atom. The molecule has 0 bridgehead atoms. The van der Waals surface area contributed by atoms with Crippen LogP contribution in [0.15, 0.2) is 24.3 Å². The van der Waals surface area contributed by atoms with E-state index >= 15 is 0 Å². The van der Waals surface area contributed by atoms with E-state index < -0.39 is 0 Å². The average Bonchev–Trinajstić information content (AvgIpc) is 2.91. The molecule has 22 heavy (non-hydrogen) atoms. The van der Waals surface area contributed by atoms with E-state index in [-0.39, 0.29) is 0 Å². The fraction of sp³-hybridized carbons (Fsp3) is 0.412. The third kappa shape index (κ3) is 2.52. The SMILES string of the molecule is CCc1nc2c(N)nc3ccccc3c2n1CCCCNC. The number of aromatic nitrogens is 3. The van der Waals surface area contributed by atoms with Crippen molar-refractivity contribution >= 4 is 27.8 Å². The van der Waals surface area contributed by atoms with Crippen molar-refractivity contribution in [3.8, 4) is 0 Å². The minimum atomic E-state index is 0.525. The molecule has 0 aliphatic rings. The summed E-state index contributed by atoms with van der Waals surface area (Å²) in [6.07, 6.45) is 3.17. The van der Waals surface area contributed by atoms with Crippen LogP contribution in [0, 0.1) is 0 Å². The molecule has 2 aromatic heterocycles. The van der Waals surface area contributed by atoms with E-state index in [0.29, 0.717) is 5.82 Å². The summed E-state index contributed by atoms with van der Waals surface area (Å²) in [7, 11) is 1.99. The number of nitrogens with two attached hydrogens (primary N) is 1. The van der Waals surface area contributed by atoms with Crippen molar-refractivity contribution in [2.24, 2.45) is 0 Å². The number of unbranched alkanes of at least 4 members (excludes halogenated alkanes) is 1. The Kier molecular flexibility index (Phi) is 4.24. The van der Waals surface area contributed by atoms with E-state index in [1.54, 1.807) is 0 Å². The van der Waals surface area contributed by atoms with Gasteiger partial charge in [0.25, 0.3) is 0 Å². The highest BCUT2D eigenvalue weighted by Gasteiger charge is 2.15. The van der Waals surface area contributed by atoms with Crippen LogP contribution in [0.2, 0.25) is 0 Å². The van der Waals surface area contributed by atoms with Crippen LogP contribution in [0.5, 0.6) is 0 Å². The van der Waals surface area contributed by atoms with Gasteiger partial charge in [-0.3, -0.25) is 0 Å². The van der Waals surface area contributed by atoms with Gasteiger partial charge in [0.1, 0.15) is 11.3 Å². The first-order chi connectivity index (χ1) is 10.8. The molecule has 0 unspecified atom stereocenters. The summed E-state index contributed by atoms with van der Waals surface area (Å²) in [5, 5.41) is 4.33. The Hall–Kier alpha value is -2.14. The Balaban J connectivity index is 2.15. The van der Waals surface area contributed by atoms with Crippen LogP contribution < -0.4 is 11.1 Å². The Labute approximate surface area is 130 Å². The molecular formula is C17H23N5. The third-order valence-electron chi connectivity index (χ3n) is 4.06. The van der Waals surface area contributed by atoms with E-state index in [1.807, 2.05) is 25.2 Å². The van der Waals surface area contributed by atoms with E-state index in [0.717, 1.165) is 60.1 Å². The van der Waals surface area contributed by atoms with Crippen LogP contribution in [0.4, 0.5) is 5.82 Å². The van der Waals surface area contributed by atoms with Crippen molar-refractivity contribution in [1.29, 1.82) is 0 Å². The molecule has 2 heterocycles. The minimum absolute atomic E-state index is 0.525. The van der Waals surface area contributed by atoms with Crippen LogP contribution in [0.1, 0.15) is 25.6 Å². The second kappa shape index (κ2) is 6.32. The van der Waals surface area contributed by atoms with Crippen LogP contribution in [-0.4, -0.2) is 28.1 Å². The van der Waals surface area contributed by atoms with Gasteiger partial charge in [0, 0.05) is 18.4 Å². The lowest BCUT2D eigenvalue weighted by Crippen LogP contribution is -2.10. The molecule has 5 heteroatoms. The first kappa shape index (κ1) is 14.8. The van der Waals surface area contributed by atoms with Crippen molar-refractivity contribution < 1.29 is 0 Å². The predicted octanol–water partition coefficient (Wildman–Crippen LogP) is 2.73. The van der Waals surface area contributed by atoms with Crippen LogP contribution in [0.3, 0.4) is 0 Å². The molecule has 0 aliphatic carbocycles. The summed E-state index contributed by atoms with van der Waals surface area (Å²) in [5.74, 6) is 1.61. The molecule has 1 aromatic carbocycles. The number of imidazole rings is 1. The number of hydrogen-bond donors (Lipinski definition) is 2. The number of nitrogens with one attached hydrogen (secondary N) is 1. The molecule has 5 nitrogen and oxygen atoms in total. The van der Waals surface area contributed by atoms with Crippen LogP contribution in [0.25, 0.3) is 21.9 Å². The molecule has 0 aliphatic heterocycles. The third-order valence-corrected chi connectivity index (χ3v) is 4.06. The van der Waals surface area contributed by atoms with E-state index in [9.17, 15) is 0 Å². The van der Waals surface area contributed by atoms with E-state index in [2.05, 4.69) is 27.9 Å². The Morgan fingerprint density at radius 3 is 2.77 bits per heavy atom. The van der Waals surface area contributed by atoms with Crippen molar-refractivity contribution in [1.82, 2.24) is 19.9 Å². The molecule has 0 saturated heterocycles. The maximum Gasteiger partial charge on any atom is 0.152 e. The van der Waals surface area contributed by atoms with Gasteiger partial charge in [-0.1, -0.05) is 25.1 Å². The minimum Gasteiger partial charge on any atom is -0.382 e. The standard InChI is InChI=1S/C17H23N5/c1-3-14-21-15-16(22(14)11-7-6-10-19-2)12-8-4-5-9-13(12)20-17(15)18/h4-5,8-9,19H,3,6-7,10-11H2,1-2H3,(H2,18,20). The number of anilines is 1. The average molecular weight is 297 g/mol. The predicted molar refractivity (Wildman–Crippen MR) is 92.0 cm³/mol. The van der Waals surface area contributed by atoms with Crippen molar-refractivity contribution in [3.63, 3.8) is 0 Å². The number of pyridine rings is 1. The second-order valence-electron chi connectivity index (χ2n) is 5.56. The van der Waals surface area contributed by atoms with Gasteiger partial charge in [-0.15, -0.1) is 0 Å². The normalized spacial score (nSPS) is 11.5. The van der Waals surface area contributed by atoms with Gasteiger partial charge in [-0.05, 0) is 32.5 Å². The van der Waals surface area contributed by atoms with Crippen molar-refractivity contribution in [2.45, 2.75) is 32.7 Å². The lowest BCUT2D eigenvalue weighted by Gasteiger charge is -2.10. The first-order valence-electron chi connectivity index (χ1n) is 7.94. The first-order valence-corrected chi connectivity index (χ1v) is 7.94. The number of aryl methyl sites for hydroxylation is 2. The second-order valence-corrected chi connectivity index (χ2v) is 5.56. The molecule has 0 amide bonds. The lowest BCUT2D eigenvalue weighted by molar-refractivity contribution is 0.585. The Morgan fingerprint density at radius 1 is 1.18 bits per heavy atom. The number of rotatable bonds is 6. The number of nitrogen functional groups attached to an aromatic ring is 1. The van der Waals surface area contributed by atoms with Crippen LogP contribution in [-0.2, 0) is 13.0 Å². The van der Waals surface area contributed by atoms with Crippen LogP contribution >= 0.6 is 0 Å². The molecular weight excluding hydrogens is 274 g/mol. The quantitative estimate of drug-likeness (QED) is 0.686. The molecule has 0 fully saturated rings. The Bertz CT molecular complexity index is 790. The molecule has 3 N–H and O–H groups in total. The van der Waals surface area contributed by atoms with E-state index in [4.69, 9.17) is 10.7 Å². The zero-order valence-corrected chi connectivity index (χ0v) is 13.3. The van der Waals surface area contributed by atoms with Crippen molar-refractivity contribution in [2.75, 3.05) is 19.3 Å². The van der Waals surface area contributed by atoms with E-state index in [1.165, 1.54) is 0 Å². The monoisotopic (exact) mass is 297 g/mol. The maximum atomic E-state index is 6.14. The number of fused-ring (bicyclic) bond motifs is 3. The molecule has 3 aromatic rings. The fourth-order valence-corrected chi connectivity index (χ4v) is 2.99. The van der Waals surface area contributed by atoms with Gasteiger partial charge in [-0.25, -0.2) is 9.97 Å². The summed E-state index contributed by atoms with van der Waals surface area (Å²) in [6.45, 7) is 4.14. The molecule has 0 atom stereocenters. The number of benzene rings is 1. The van der Waals surface area contributed by atoms with Gasteiger partial charge in [0.15, 0.2) is 5.82 Å². The van der Waals surface area contributed by atoms with Gasteiger partial charge < -0.3 is 15.6 Å². The van der Waals surface area contributed by atoms with Gasteiger partial charge >= 0.3 is 0 Å². The summed E-state index contributed by atoms with van der Waals surface area (Å²) in [5.41, 5.74) is 9.04. The molecule has 0 spiro atoms. The zero-order valence-electron chi connectivity index (χ0n) is 13.3. The van der Waals surface area contributed by atoms with Gasteiger partial charge in [-0.2, -0.15) is 0 Å². The lowest BCUT2D eigenvalue weighted by atomic mass is 10.2. The smallest absolute Gasteiger partial charge is 0.152 e. The topological polar surface area (TPSA) is 68.8 Å². The molecule has 0 saturated carbocycles. The highest BCUT2D eigenvalue weighted by atomic mass is 15.1. The summed E-state index contributed by atoms with van der Waals surface area (Å²) in [4.78, 5) is 9.23. The molecule has 0 radical (unpaired) electrons. The maximum absolute atomic E-state index is 6.14. The fourth-order valence-electron chi connectivity index (χ4n) is 2.99. The zero-order chi connectivity index (χ0) is 15.5. The summed E-state index contributed by atoms with van der Waals surface area (Å²) >= 11 is 0. The molecule has 116 valence electrons. The van der Waals surface area contributed by atoms with Crippen molar-refractivity contribution in [3.05, 3.63) is 30.1 Å². The van der Waals surface area contributed by atoms with Gasteiger partial charge in [0.05, 0.1) is 11.0 Å². The number of hydrogen-bond acceptors (Lipinski definition) is 4. The summed E-state index contributed by atoms with van der Waals surface area (Å²) < 4.78 is 2.32. The summed E-state index contributed by atoms with van der Waals surface area (Å²) in [6, 6.07) is 8.16. The number of para-hydroxylation sites is 1. The number of nitrogens with zero attached hydrogens (tertiary/aromatic N) is 3.